The molecule has 0 spiro atoms. The topological polar surface area (TPSA) is 41.9 Å². The van der Waals surface area contributed by atoms with Gasteiger partial charge in [-0.15, -0.1) is 0 Å². The minimum atomic E-state index is -0.175. The lowest BCUT2D eigenvalue weighted by molar-refractivity contribution is -0.0789. The summed E-state index contributed by atoms with van der Waals surface area (Å²) in [7, 11) is 0. The van der Waals surface area contributed by atoms with Gasteiger partial charge < -0.3 is 19.5 Å². The molecule has 0 amide bonds. The Morgan fingerprint density at radius 2 is 1.40 bits per heavy atom. The fraction of sp³-hybridized carbons (Fsp3) is 1.00. The molecule has 0 unspecified atom stereocenters. The van der Waals surface area contributed by atoms with Gasteiger partial charge in [0.25, 0.3) is 0 Å². The molecule has 30 heavy (non-hydrogen) atoms. The molecule has 0 aromatic rings. The van der Waals surface area contributed by atoms with Gasteiger partial charge in [-0.2, -0.15) is 0 Å². The molecule has 0 heterocycles. The van der Waals surface area contributed by atoms with E-state index in [2.05, 4.69) is 60.3 Å². The molecule has 180 valence electrons. The van der Waals surface area contributed by atoms with E-state index in [0.717, 1.165) is 57.5 Å². The molecule has 0 bridgehead atoms. The summed E-state index contributed by atoms with van der Waals surface area (Å²) in [5, 5.41) is 9.73. The van der Waals surface area contributed by atoms with Crippen molar-refractivity contribution in [2.75, 3.05) is 39.5 Å². The first kappa shape index (κ1) is 27.9. The van der Waals surface area contributed by atoms with E-state index in [-0.39, 0.29) is 16.6 Å². The Labute approximate surface area is 188 Å². The van der Waals surface area contributed by atoms with E-state index in [4.69, 9.17) is 9.47 Å². The molecule has 1 aliphatic carbocycles. The van der Waals surface area contributed by atoms with Gasteiger partial charge >= 0.3 is 0 Å². The van der Waals surface area contributed by atoms with Crippen molar-refractivity contribution in [2.45, 2.75) is 112 Å². The summed E-state index contributed by atoms with van der Waals surface area (Å²) in [6.45, 7) is 22.7. The summed E-state index contributed by atoms with van der Waals surface area (Å²) < 4.78 is 12.5. The summed E-state index contributed by atoms with van der Waals surface area (Å²) in [6.07, 6.45) is 8.03. The third-order valence-corrected chi connectivity index (χ3v) is 6.53. The van der Waals surface area contributed by atoms with E-state index in [1.165, 1.54) is 32.1 Å². The Hall–Kier alpha value is -0.160. The first-order chi connectivity index (χ1) is 13.9. The maximum Gasteiger partial charge on any atom is 0.0649 e. The minimum absolute atomic E-state index is 0.0591. The monoisotopic (exact) mass is 427 g/mol. The van der Waals surface area contributed by atoms with E-state index < -0.39 is 0 Å². The molecule has 0 aromatic heterocycles. The number of aliphatic hydroxyl groups is 1. The Kier molecular flexibility index (Phi) is 11.9. The lowest BCUT2D eigenvalue weighted by Gasteiger charge is -2.32. The maximum atomic E-state index is 9.73. The normalized spacial score (nSPS) is 16.8. The molecule has 0 atom stereocenters. The van der Waals surface area contributed by atoms with Crippen LogP contribution in [0.1, 0.15) is 100 Å². The lowest BCUT2D eigenvalue weighted by atomic mass is 9.96. The number of nitrogens with zero attached hydrogens (tertiary/aromatic N) is 1. The van der Waals surface area contributed by atoms with Crippen LogP contribution in [0.5, 0.6) is 0 Å². The first-order valence-corrected chi connectivity index (χ1v) is 12.5. The molecule has 1 fully saturated rings. The van der Waals surface area contributed by atoms with Crippen LogP contribution < -0.4 is 0 Å². The lowest BCUT2D eigenvalue weighted by Crippen LogP contribution is -2.38. The molecular formula is C26H53NO3. The Morgan fingerprint density at radius 3 is 1.93 bits per heavy atom. The van der Waals surface area contributed by atoms with Gasteiger partial charge in [0, 0.05) is 25.1 Å². The van der Waals surface area contributed by atoms with Gasteiger partial charge in [0.2, 0.25) is 0 Å². The minimum Gasteiger partial charge on any atom is -0.396 e. The molecule has 4 heteroatoms. The zero-order chi connectivity index (χ0) is 22.8. The van der Waals surface area contributed by atoms with Crippen LogP contribution in [0.15, 0.2) is 0 Å². The molecule has 1 rings (SSSR count). The fourth-order valence-corrected chi connectivity index (χ4v) is 3.82. The number of hydrogen-bond acceptors (Lipinski definition) is 4. The van der Waals surface area contributed by atoms with Crippen LogP contribution in [0.25, 0.3) is 0 Å². The van der Waals surface area contributed by atoms with Gasteiger partial charge in [-0.1, -0.05) is 27.7 Å². The number of ether oxygens (including phenoxy) is 2. The second kappa shape index (κ2) is 12.8. The van der Waals surface area contributed by atoms with E-state index in [0.29, 0.717) is 6.61 Å². The van der Waals surface area contributed by atoms with E-state index in [9.17, 15) is 5.11 Å². The SMILES string of the molecule is CC(C)CCCN(CCOC(C)(C)CCOC(C)(C)CCC(C)C)CC1(CO)CC1. The summed E-state index contributed by atoms with van der Waals surface area (Å²) in [6, 6.07) is 0. The Bertz CT molecular complexity index is 455. The summed E-state index contributed by atoms with van der Waals surface area (Å²) in [5.41, 5.74) is -0.0643. The average molecular weight is 428 g/mol. The largest absolute Gasteiger partial charge is 0.396 e. The molecule has 0 aromatic carbocycles. The van der Waals surface area contributed by atoms with Crippen molar-refractivity contribution < 1.29 is 14.6 Å². The standard InChI is InChI=1S/C26H53NO3/c1-22(2)10-9-16-27(20-26(21-28)13-14-26)17-19-30-25(7,8)15-18-29-24(5,6)12-11-23(3)4/h22-23,28H,9-21H2,1-8H3. The second-order valence-corrected chi connectivity index (χ2v) is 11.9. The van der Waals surface area contributed by atoms with Crippen LogP contribution in [0.2, 0.25) is 0 Å². The van der Waals surface area contributed by atoms with Gasteiger partial charge in [0.05, 0.1) is 24.4 Å². The maximum absolute atomic E-state index is 9.73. The molecule has 0 saturated heterocycles. The fourth-order valence-electron chi connectivity index (χ4n) is 3.82. The molecular weight excluding hydrogens is 374 g/mol. The summed E-state index contributed by atoms with van der Waals surface area (Å²) >= 11 is 0. The van der Waals surface area contributed by atoms with Crippen molar-refractivity contribution in [3.8, 4) is 0 Å². The molecule has 1 saturated carbocycles. The van der Waals surface area contributed by atoms with Crippen molar-refractivity contribution in [2.24, 2.45) is 17.3 Å². The van der Waals surface area contributed by atoms with Crippen LogP contribution in [0.4, 0.5) is 0 Å². The van der Waals surface area contributed by atoms with Gasteiger partial charge in [0.15, 0.2) is 0 Å². The number of rotatable bonds is 18. The van der Waals surface area contributed by atoms with Crippen molar-refractivity contribution >= 4 is 0 Å². The Balaban J connectivity index is 2.36. The zero-order valence-corrected chi connectivity index (χ0v) is 21.6. The van der Waals surface area contributed by atoms with Crippen LogP contribution in [0, 0.1) is 17.3 Å². The van der Waals surface area contributed by atoms with Gasteiger partial charge in [-0.05, 0) is 91.0 Å². The smallest absolute Gasteiger partial charge is 0.0649 e. The summed E-state index contributed by atoms with van der Waals surface area (Å²) in [5.74, 6) is 1.47. The predicted octanol–water partition coefficient (Wildman–Crippen LogP) is 5.91. The van der Waals surface area contributed by atoms with E-state index >= 15 is 0 Å². The molecule has 1 aliphatic rings. The first-order valence-electron chi connectivity index (χ1n) is 12.5. The van der Waals surface area contributed by atoms with Crippen LogP contribution >= 0.6 is 0 Å². The van der Waals surface area contributed by atoms with Crippen molar-refractivity contribution in [3.63, 3.8) is 0 Å². The second-order valence-electron chi connectivity index (χ2n) is 11.9. The molecule has 4 nitrogen and oxygen atoms in total. The molecule has 0 radical (unpaired) electrons. The highest BCUT2D eigenvalue weighted by Gasteiger charge is 2.43. The van der Waals surface area contributed by atoms with Crippen LogP contribution in [0.3, 0.4) is 0 Å². The summed E-state index contributed by atoms with van der Waals surface area (Å²) in [4.78, 5) is 2.52. The van der Waals surface area contributed by atoms with Crippen molar-refractivity contribution in [1.29, 1.82) is 0 Å². The van der Waals surface area contributed by atoms with E-state index in [1.54, 1.807) is 0 Å². The zero-order valence-electron chi connectivity index (χ0n) is 21.6. The highest BCUT2D eigenvalue weighted by atomic mass is 16.5. The van der Waals surface area contributed by atoms with E-state index in [1.807, 2.05) is 0 Å². The average Bonchev–Trinajstić information content (AvgIpc) is 3.39. The van der Waals surface area contributed by atoms with Crippen molar-refractivity contribution in [3.05, 3.63) is 0 Å². The Morgan fingerprint density at radius 1 is 0.833 bits per heavy atom. The molecule has 0 aliphatic heterocycles. The van der Waals surface area contributed by atoms with Crippen molar-refractivity contribution in [1.82, 2.24) is 4.90 Å². The number of aliphatic hydroxyl groups excluding tert-OH is 1. The molecule has 1 N–H and O–H groups in total. The highest BCUT2D eigenvalue weighted by Crippen LogP contribution is 2.45. The van der Waals surface area contributed by atoms with Crippen LogP contribution in [-0.4, -0.2) is 60.7 Å². The van der Waals surface area contributed by atoms with Gasteiger partial charge in [-0.25, -0.2) is 0 Å². The third-order valence-electron chi connectivity index (χ3n) is 6.53. The number of hydrogen-bond donors (Lipinski definition) is 1. The third kappa shape index (κ3) is 12.6. The predicted molar refractivity (Wildman–Crippen MR) is 128 cm³/mol. The van der Waals surface area contributed by atoms with Gasteiger partial charge in [-0.3, -0.25) is 0 Å². The quantitative estimate of drug-likeness (QED) is 0.295. The highest BCUT2D eigenvalue weighted by molar-refractivity contribution is 4.95. The van der Waals surface area contributed by atoms with Crippen LogP contribution in [-0.2, 0) is 9.47 Å². The van der Waals surface area contributed by atoms with Gasteiger partial charge in [0.1, 0.15) is 0 Å².